The van der Waals surface area contributed by atoms with Crippen molar-refractivity contribution in [3.05, 3.63) is 77.0 Å². The second-order valence-electron chi connectivity index (χ2n) is 7.28. The lowest BCUT2D eigenvalue weighted by Crippen LogP contribution is -2.45. The Hall–Kier alpha value is -3.41. The Morgan fingerprint density at radius 3 is 2.17 bits per heavy atom. The number of carboxylic acid groups (broad SMARTS) is 1. The van der Waals surface area contributed by atoms with Gasteiger partial charge in [-0.15, -0.1) is 0 Å². The third-order valence-electron chi connectivity index (χ3n) is 4.23. The van der Waals surface area contributed by atoms with Gasteiger partial charge in [0.2, 0.25) is 0 Å². The minimum atomic E-state index is -1.11. The third-order valence-corrected chi connectivity index (χ3v) is 4.23. The number of nitrogens with one attached hydrogen (secondary N) is 2. The predicted octanol–water partition coefficient (Wildman–Crippen LogP) is 3.38. The molecule has 0 spiro atoms. The van der Waals surface area contributed by atoms with E-state index in [-0.39, 0.29) is 18.0 Å². The Morgan fingerprint density at radius 1 is 1.00 bits per heavy atom. The lowest BCUT2D eigenvalue weighted by atomic mass is 10.0. The van der Waals surface area contributed by atoms with Crippen molar-refractivity contribution in [3.63, 3.8) is 0 Å². The standard InChI is InChI=1S/C23H26N2O4/c1-15(2)13-20(23(28)29)25-22(27)19(14-17-7-5-4-6-8-17)24-21(26)18-11-9-16(3)10-12-18/h4-12,14-15,20H,13H2,1-3H3,(H,24,26)(H,25,27)(H,28,29)/b19-14+. The molecule has 0 saturated carbocycles. The summed E-state index contributed by atoms with van der Waals surface area (Å²) in [6.45, 7) is 5.67. The fourth-order valence-electron chi connectivity index (χ4n) is 2.70. The molecule has 0 saturated heterocycles. The number of carbonyl (C=O) groups is 3. The van der Waals surface area contributed by atoms with E-state index in [1.54, 1.807) is 36.4 Å². The van der Waals surface area contributed by atoms with Gasteiger partial charge >= 0.3 is 5.97 Å². The number of amides is 2. The van der Waals surface area contributed by atoms with E-state index in [1.165, 1.54) is 6.08 Å². The number of carbonyl (C=O) groups excluding carboxylic acids is 2. The first-order valence-corrected chi connectivity index (χ1v) is 9.44. The van der Waals surface area contributed by atoms with Gasteiger partial charge in [-0.2, -0.15) is 0 Å². The van der Waals surface area contributed by atoms with Gasteiger partial charge in [0, 0.05) is 5.56 Å². The highest BCUT2D eigenvalue weighted by Crippen LogP contribution is 2.10. The second-order valence-corrected chi connectivity index (χ2v) is 7.28. The van der Waals surface area contributed by atoms with E-state index in [0.29, 0.717) is 11.1 Å². The van der Waals surface area contributed by atoms with Gasteiger partial charge in [-0.05, 0) is 43.0 Å². The zero-order chi connectivity index (χ0) is 21.4. The topological polar surface area (TPSA) is 95.5 Å². The first-order chi connectivity index (χ1) is 13.8. The highest BCUT2D eigenvalue weighted by molar-refractivity contribution is 6.06. The monoisotopic (exact) mass is 394 g/mol. The van der Waals surface area contributed by atoms with Gasteiger partial charge in [-0.1, -0.05) is 61.9 Å². The molecule has 2 rings (SSSR count). The molecule has 29 heavy (non-hydrogen) atoms. The Morgan fingerprint density at radius 2 is 1.62 bits per heavy atom. The molecule has 0 aliphatic heterocycles. The molecule has 6 heteroatoms. The predicted molar refractivity (Wildman–Crippen MR) is 112 cm³/mol. The van der Waals surface area contributed by atoms with Crippen LogP contribution in [-0.4, -0.2) is 28.9 Å². The van der Waals surface area contributed by atoms with Crippen molar-refractivity contribution in [1.82, 2.24) is 10.6 Å². The van der Waals surface area contributed by atoms with Crippen molar-refractivity contribution in [3.8, 4) is 0 Å². The summed E-state index contributed by atoms with van der Waals surface area (Å²) < 4.78 is 0. The Kier molecular flexibility index (Phi) is 7.71. The maximum atomic E-state index is 12.8. The van der Waals surface area contributed by atoms with Crippen molar-refractivity contribution in [2.24, 2.45) is 5.92 Å². The van der Waals surface area contributed by atoms with Gasteiger partial charge in [0.25, 0.3) is 11.8 Å². The largest absolute Gasteiger partial charge is 0.480 e. The molecule has 0 aliphatic carbocycles. The van der Waals surface area contributed by atoms with E-state index in [2.05, 4.69) is 10.6 Å². The van der Waals surface area contributed by atoms with E-state index in [0.717, 1.165) is 5.56 Å². The van der Waals surface area contributed by atoms with Crippen LogP contribution >= 0.6 is 0 Å². The van der Waals surface area contributed by atoms with Gasteiger partial charge in [-0.25, -0.2) is 4.79 Å². The SMILES string of the molecule is Cc1ccc(C(=O)N/C(=C/c2ccccc2)C(=O)NC(CC(C)C)C(=O)O)cc1. The minimum absolute atomic E-state index is 0.0169. The zero-order valence-corrected chi connectivity index (χ0v) is 16.8. The molecule has 0 heterocycles. The lowest BCUT2D eigenvalue weighted by molar-refractivity contribution is -0.141. The van der Waals surface area contributed by atoms with Crippen LogP contribution in [0.25, 0.3) is 6.08 Å². The van der Waals surface area contributed by atoms with Gasteiger partial charge < -0.3 is 15.7 Å². The maximum Gasteiger partial charge on any atom is 0.326 e. The number of rotatable bonds is 8. The molecule has 2 aromatic rings. The van der Waals surface area contributed by atoms with Crippen molar-refractivity contribution in [2.75, 3.05) is 0 Å². The number of hydrogen-bond donors (Lipinski definition) is 3. The Labute approximate surface area is 170 Å². The van der Waals surface area contributed by atoms with Crippen LogP contribution in [0, 0.1) is 12.8 Å². The van der Waals surface area contributed by atoms with Crippen LogP contribution in [0.4, 0.5) is 0 Å². The van der Waals surface area contributed by atoms with Crippen LogP contribution in [-0.2, 0) is 9.59 Å². The average Bonchev–Trinajstić information content (AvgIpc) is 2.67. The van der Waals surface area contributed by atoms with Crippen molar-refractivity contribution < 1.29 is 19.5 Å². The molecule has 1 unspecified atom stereocenters. The van der Waals surface area contributed by atoms with E-state index < -0.39 is 23.8 Å². The quantitative estimate of drug-likeness (QED) is 0.598. The lowest BCUT2D eigenvalue weighted by Gasteiger charge is -2.18. The highest BCUT2D eigenvalue weighted by Gasteiger charge is 2.24. The Balaban J connectivity index is 2.28. The minimum Gasteiger partial charge on any atom is -0.480 e. The highest BCUT2D eigenvalue weighted by atomic mass is 16.4. The van der Waals surface area contributed by atoms with Gasteiger partial charge in [0.1, 0.15) is 11.7 Å². The fourth-order valence-corrected chi connectivity index (χ4v) is 2.70. The van der Waals surface area contributed by atoms with Crippen LogP contribution in [0.3, 0.4) is 0 Å². The molecule has 6 nitrogen and oxygen atoms in total. The summed E-state index contributed by atoms with van der Waals surface area (Å²) in [7, 11) is 0. The number of benzene rings is 2. The molecule has 2 aromatic carbocycles. The van der Waals surface area contributed by atoms with E-state index in [1.807, 2.05) is 39.0 Å². The maximum absolute atomic E-state index is 12.8. The number of aliphatic carboxylic acids is 1. The van der Waals surface area contributed by atoms with E-state index in [9.17, 15) is 19.5 Å². The first-order valence-electron chi connectivity index (χ1n) is 9.44. The molecule has 0 aliphatic rings. The summed E-state index contributed by atoms with van der Waals surface area (Å²) in [6, 6.07) is 14.9. The molecule has 1 atom stereocenters. The van der Waals surface area contributed by atoms with Gasteiger partial charge in [0.05, 0.1) is 0 Å². The first kappa shape index (κ1) is 21.9. The zero-order valence-electron chi connectivity index (χ0n) is 16.8. The summed E-state index contributed by atoms with van der Waals surface area (Å²) >= 11 is 0. The molecule has 2 amide bonds. The molecule has 0 fully saturated rings. The van der Waals surface area contributed by atoms with E-state index >= 15 is 0 Å². The van der Waals surface area contributed by atoms with Crippen molar-refractivity contribution in [1.29, 1.82) is 0 Å². The van der Waals surface area contributed by atoms with Crippen molar-refractivity contribution in [2.45, 2.75) is 33.2 Å². The number of hydrogen-bond acceptors (Lipinski definition) is 3. The molecule has 0 aromatic heterocycles. The Bertz CT molecular complexity index is 887. The number of carboxylic acids is 1. The second kappa shape index (κ2) is 10.2. The molecule has 0 radical (unpaired) electrons. The summed E-state index contributed by atoms with van der Waals surface area (Å²) in [5, 5.41) is 14.5. The summed E-state index contributed by atoms with van der Waals surface area (Å²) in [5.74, 6) is -2.13. The number of aryl methyl sites for hydroxylation is 1. The molecule has 0 bridgehead atoms. The normalized spacial score (nSPS) is 12.3. The van der Waals surface area contributed by atoms with Crippen LogP contribution in [0.2, 0.25) is 0 Å². The van der Waals surface area contributed by atoms with Crippen molar-refractivity contribution >= 4 is 23.9 Å². The summed E-state index contributed by atoms with van der Waals surface area (Å²) in [5.41, 5.74) is 2.10. The van der Waals surface area contributed by atoms with Crippen LogP contribution in [0.15, 0.2) is 60.3 Å². The van der Waals surface area contributed by atoms with Crippen LogP contribution in [0.1, 0.15) is 41.8 Å². The molecule has 152 valence electrons. The van der Waals surface area contributed by atoms with E-state index in [4.69, 9.17) is 0 Å². The smallest absolute Gasteiger partial charge is 0.326 e. The summed E-state index contributed by atoms with van der Waals surface area (Å²) in [6.07, 6.45) is 1.81. The summed E-state index contributed by atoms with van der Waals surface area (Å²) in [4.78, 5) is 36.9. The van der Waals surface area contributed by atoms with Crippen LogP contribution < -0.4 is 10.6 Å². The molecular formula is C23H26N2O4. The van der Waals surface area contributed by atoms with Gasteiger partial charge in [0.15, 0.2) is 0 Å². The molecular weight excluding hydrogens is 368 g/mol. The average molecular weight is 394 g/mol. The fraction of sp³-hybridized carbons (Fsp3) is 0.261. The van der Waals surface area contributed by atoms with Gasteiger partial charge in [-0.3, -0.25) is 9.59 Å². The molecule has 3 N–H and O–H groups in total. The third kappa shape index (κ3) is 6.92. The van der Waals surface area contributed by atoms with Crippen LogP contribution in [0.5, 0.6) is 0 Å².